The Morgan fingerprint density at radius 1 is 1.03 bits per heavy atom. The van der Waals surface area contributed by atoms with E-state index in [4.69, 9.17) is 16.3 Å². The van der Waals surface area contributed by atoms with E-state index >= 15 is 0 Å². The van der Waals surface area contributed by atoms with E-state index in [9.17, 15) is 14.4 Å². The number of benzene rings is 3. The molecule has 1 N–H and O–H groups in total. The zero-order valence-electron chi connectivity index (χ0n) is 17.5. The molecule has 33 heavy (non-hydrogen) atoms. The highest BCUT2D eigenvalue weighted by atomic mass is 79.9. The molecule has 0 saturated carbocycles. The Morgan fingerprint density at radius 2 is 1.76 bits per heavy atom. The summed E-state index contributed by atoms with van der Waals surface area (Å²) in [5.74, 6) is -0.910. The molecule has 3 aromatic rings. The van der Waals surface area contributed by atoms with Crippen LogP contribution in [-0.4, -0.2) is 17.8 Å². The van der Waals surface area contributed by atoms with Crippen molar-refractivity contribution < 1.29 is 19.1 Å². The number of ether oxygens (including phenoxy) is 1. The summed E-state index contributed by atoms with van der Waals surface area (Å²) in [4.78, 5) is 39.0. The van der Waals surface area contributed by atoms with Gasteiger partial charge in [0.1, 0.15) is 17.9 Å². The number of imide groups is 2. The Hall–Kier alpha value is -3.42. The van der Waals surface area contributed by atoms with E-state index < -0.39 is 17.8 Å². The molecule has 1 aliphatic rings. The number of amides is 4. The van der Waals surface area contributed by atoms with Gasteiger partial charge in [0.25, 0.3) is 11.8 Å². The molecule has 0 radical (unpaired) electrons. The van der Waals surface area contributed by atoms with Gasteiger partial charge in [-0.3, -0.25) is 14.9 Å². The van der Waals surface area contributed by atoms with Crippen LogP contribution in [0, 0.1) is 6.92 Å². The average molecular weight is 526 g/mol. The van der Waals surface area contributed by atoms with Gasteiger partial charge in [-0.15, -0.1) is 0 Å². The number of urea groups is 1. The summed E-state index contributed by atoms with van der Waals surface area (Å²) in [5, 5.41) is 2.63. The van der Waals surface area contributed by atoms with Gasteiger partial charge in [-0.1, -0.05) is 57.9 Å². The minimum Gasteiger partial charge on any atom is -0.489 e. The van der Waals surface area contributed by atoms with Crippen molar-refractivity contribution >= 4 is 57.1 Å². The highest BCUT2D eigenvalue weighted by Gasteiger charge is 2.37. The minimum atomic E-state index is -0.820. The highest BCUT2D eigenvalue weighted by Crippen LogP contribution is 2.29. The molecule has 1 fully saturated rings. The SMILES string of the molecule is Cc1c(Cl)cccc1N1C(=O)NC(=O)/C(=C/c2cccc(OCc3ccc(Br)cc3)c2)C1=O. The minimum absolute atomic E-state index is 0.168. The number of nitrogens with zero attached hydrogens (tertiary/aromatic N) is 1. The van der Waals surface area contributed by atoms with Crippen LogP contribution in [0.15, 0.2) is 76.8 Å². The molecule has 1 heterocycles. The molecule has 0 spiro atoms. The first-order valence-electron chi connectivity index (χ1n) is 9.97. The van der Waals surface area contributed by atoms with Crippen LogP contribution < -0.4 is 15.0 Å². The van der Waals surface area contributed by atoms with E-state index in [1.54, 1.807) is 49.4 Å². The fourth-order valence-electron chi connectivity index (χ4n) is 3.32. The molecule has 1 aliphatic heterocycles. The summed E-state index contributed by atoms with van der Waals surface area (Å²) in [5.41, 5.74) is 2.28. The van der Waals surface area contributed by atoms with Gasteiger partial charge < -0.3 is 4.74 Å². The lowest BCUT2D eigenvalue weighted by molar-refractivity contribution is -0.122. The van der Waals surface area contributed by atoms with Gasteiger partial charge in [-0.05, 0) is 66.1 Å². The maximum atomic E-state index is 13.1. The van der Waals surface area contributed by atoms with E-state index in [2.05, 4.69) is 21.2 Å². The molecular weight excluding hydrogens is 508 g/mol. The number of nitrogens with one attached hydrogen (secondary N) is 1. The number of barbiturate groups is 1. The molecule has 0 unspecified atom stereocenters. The third-order valence-electron chi connectivity index (χ3n) is 5.07. The van der Waals surface area contributed by atoms with Crippen LogP contribution in [0.5, 0.6) is 5.75 Å². The Balaban J connectivity index is 1.59. The Morgan fingerprint density at radius 3 is 2.52 bits per heavy atom. The monoisotopic (exact) mass is 524 g/mol. The summed E-state index contributed by atoms with van der Waals surface area (Å²) in [6.45, 7) is 2.06. The van der Waals surface area contributed by atoms with Crippen molar-refractivity contribution in [2.24, 2.45) is 0 Å². The van der Waals surface area contributed by atoms with Gasteiger partial charge in [0, 0.05) is 9.50 Å². The predicted octanol–water partition coefficient (Wildman–Crippen LogP) is 5.66. The Bertz CT molecular complexity index is 1290. The number of carbonyl (C=O) groups is 3. The number of rotatable bonds is 5. The van der Waals surface area contributed by atoms with Crippen molar-refractivity contribution in [3.05, 3.63) is 98.5 Å². The lowest BCUT2D eigenvalue weighted by Gasteiger charge is -2.27. The average Bonchev–Trinajstić information content (AvgIpc) is 2.79. The standard InChI is InChI=1S/C25H18BrClN2O4/c1-15-21(27)6-3-7-22(15)29-24(31)20(23(30)28-25(29)32)13-17-4-2-5-19(12-17)33-14-16-8-10-18(26)11-9-16/h2-13H,14H2,1H3,(H,28,30,32)/b20-13-. The molecule has 6 nitrogen and oxygen atoms in total. The van der Waals surface area contributed by atoms with Crippen LogP contribution >= 0.6 is 27.5 Å². The maximum absolute atomic E-state index is 13.1. The topological polar surface area (TPSA) is 75.7 Å². The molecule has 4 amide bonds. The van der Waals surface area contributed by atoms with Crippen molar-refractivity contribution in [1.29, 1.82) is 0 Å². The number of halogens is 2. The third kappa shape index (κ3) is 4.99. The van der Waals surface area contributed by atoms with Gasteiger partial charge in [0.05, 0.1) is 5.69 Å². The predicted molar refractivity (Wildman–Crippen MR) is 130 cm³/mol. The summed E-state index contributed by atoms with van der Waals surface area (Å²) in [7, 11) is 0. The van der Waals surface area contributed by atoms with Crippen LogP contribution in [0.25, 0.3) is 6.08 Å². The normalized spacial score (nSPS) is 15.1. The third-order valence-corrected chi connectivity index (χ3v) is 6.01. The van der Waals surface area contributed by atoms with Crippen LogP contribution in [-0.2, 0) is 16.2 Å². The quantitative estimate of drug-likeness (QED) is 0.345. The molecule has 1 saturated heterocycles. The van der Waals surface area contributed by atoms with Gasteiger partial charge in [0.2, 0.25) is 0 Å². The fourth-order valence-corrected chi connectivity index (χ4v) is 3.76. The van der Waals surface area contributed by atoms with Gasteiger partial charge in [-0.2, -0.15) is 0 Å². The molecule has 0 atom stereocenters. The Kier molecular flexibility index (Phi) is 6.62. The van der Waals surface area contributed by atoms with Crippen LogP contribution in [0.3, 0.4) is 0 Å². The second kappa shape index (κ2) is 9.60. The molecule has 166 valence electrons. The first-order valence-corrected chi connectivity index (χ1v) is 11.1. The molecule has 0 aliphatic carbocycles. The molecule has 3 aromatic carbocycles. The van der Waals surface area contributed by atoms with Gasteiger partial charge in [0.15, 0.2) is 0 Å². The lowest BCUT2D eigenvalue weighted by atomic mass is 10.1. The second-order valence-electron chi connectivity index (χ2n) is 7.33. The summed E-state index contributed by atoms with van der Waals surface area (Å²) in [6, 6.07) is 18.8. The number of anilines is 1. The van der Waals surface area contributed by atoms with Crippen molar-refractivity contribution in [1.82, 2.24) is 5.32 Å². The molecule has 4 rings (SSSR count). The first-order chi connectivity index (χ1) is 15.8. The largest absolute Gasteiger partial charge is 0.489 e. The summed E-state index contributed by atoms with van der Waals surface area (Å²) < 4.78 is 6.82. The number of hydrogen-bond donors (Lipinski definition) is 1. The van der Waals surface area contributed by atoms with E-state index in [0.717, 1.165) is 14.9 Å². The smallest absolute Gasteiger partial charge is 0.335 e. The zero-order valence-corrected chi connectivity index (χ0v) is 19.8. The van der Waals surface area contributed by atoms with E-state index in [-0.39, 0.29) is 5.57 Å². The first kappa shape index (κ1) is 22.8. The summed E-state index contributed by atoms with van der Waals surface area (Å²) in [6.07, 6.45) is 1.43. The lowest BCUT2D eigenvalue weighted by Crippen LogP contribution is -2.54. The van der Waals surface area contributed by atoms with Crippen molar-refractivity contribution in [2.45, 2.75) is 13.5 Å². The van der Waals surface area contributed by atoms with E-state index in [1.165, 1.54) is 6.08 Å². The molecular formula is C25H18BrClN2O4. The molecule has 8 heteroatoms. The zero-order chi connectivity index (χ0) is 23.5. The molecule has 0 bridgehead atoms. The van der Waals surface area contributed by atoms with Gasteiger partial charge in [-0.25, -0.2) is 9.69 Å². The van der Waals surface area contributed by atoms with E-state index in [1.807, 2.05) is 24.3 Å². The Labute approximate surface area is 203 Å². The van der Waals surface area contributed by atoms with Crippen LogP contribution in [0.4, 0.5) is 10.5 Å². The van der Waals surface area contributed by atoms with Gasteiger partial charge >= 0.3 is 6.03 Å². The number of hydrogen-bond acceptors (Lipinski definition) is 4. The summed E-state index contributed by atoms with van der Waals surface area (Å²) >= 11 is 9.55. The maximum Gasteiger partial charge on any atom is 0.335 e. The van der Waals surface area contributed by atoms with Crippen molar-refractivity contribution in [3.8, 4) is 5.75 Å². The van der Waals surface area contributed by atoms with Crippen LogP contribution in [0.2, 0.25) is 5.02 Å². The van der Waals surface area contributed by atoms with E-state index in [0.29, 0.717) is 34.2 Å². The number of carbonyl (C=O) groups excluding carboxylic acids is 3. The second-order valence-corrected chi connectivity index (χ2v) is 8.65. The highest BCUT2D eigenvalue weighted by molar-refractivity contribution is 9.10. The van der Waals surface area contributed by atoms with Crippen LogP contribution in [0.1, 0.15) is 16.7 Å². The van der Waals surface area contributed by atoms with Crippen molar-refractivity contribution in [3.63, 3.8) is 0 Å². The fraction of sp³-hybridized carbons (Fsp3) is 0.0800. The molecule has 0 aromatic heterocycles. The van der Waals surface area contributed by atoms with Crippen molar-refractivity contribution in [2.75, 3.05) is 4.90 Å².